The molecular weight excluding hydrogens is 228 g/mol. The van der Waals surface area contributed by atoms with Crippen LogP contribution in [-0.4, -0.2) is 20.0 Å². The fourth-order valence-electron chi connectivity index (χ4n) is 2.29. The fraction of sp³-hybridized carbons (Fsp3) is 0.400. The summed E-state index contributed by atoms with van der Waals surface area (Å²) in [5.41, 5.74) is 0.523. The second-order valence-electron chi connectivity index (χ2n) is 4.74. The Bertz CT molecular complexity index is 490. The largest absolute Gasteiger partial charge is 0.501 e. The third-order valence-electron chi connectivity index (χ3n) is 3.68. The number of benzene rings is 1. The molecule has 0 spiro atoms. The summed E-state index contributed by atoms with van der Waals surface area (Å²) in [4.78, 5) is 12.3. The first-order valence-electron chi connectivity index (χ1n) is 6.03. The van der Waals surface area contributed by atoms with Crippen LogP contribution in [0.1, 0.15) is 25.3 Å². The Kier molecular flexibility index (Phi) is 3.41. The molecule has 1 unspecified atom stereocenters. The average molecular weight is 246 g/mol. The van der Waals surface area contributed by atoms with Gasteiger partial charge in [0.2, 0.25) is 0 Å². The maximum absolute atomic E-state index is 12.3. The molecule has 3 nitrogen and oxygen atoms in total. The summed E-state index contributed by atoms with van der Waals surface area (Å²) in [6.07, 6.45) is 3.16. The highest BCUT2D eigenvalue weighted by Crippen LogP contribution is 2.37. The van der Waals surface area contributed by atoms with Gasteiger partial charge in [-0.15, -0.1) is 0 Å². The normalized spacial score (nSPS) is 23.5. The highest BCUT2D eigenvalue weighted by Gasteiger charge is 2.37. The fourth-order valence-corrected chi connectivity index (χ4v) is 2.29. The summed E-state index contributed by atoms with van der Waals surface area (Å²) >= 11 is 0. The number of methoxy groups -OCH3 is 2. The molecule has 0 aliphatic heterocycles. The van der Waals surface area contributed by atoms with E-state index in [9.17, 15) is 4.79 Å². The Balaban J connectivity index is 2.37. The molecule has 96 valence electrons. The van der Waals surface area contributed by atoms with E-state index in [-0.39, 0.29) is 5.78 Å². The molecule has 0 saturated carbocycles. The topological polar surface area (TPSA) is 35.5 Å². The predicted octanol–water partition coefficient (Wildman–Crippen LogP) is 2.85. The number of ketones is 1. The first-order valence-corrected chi connectivity index (χ1v) is 6.03. The Labute approximate surface area is 107 Å². The quantitative estimate of drug-likeness (QED) is 0.822. The van der Waals surface area contributed by atoms with Crippen LogP contribution in [0.15, 0.2) is 36.1 Å². The van der Waals surface area contributed by atoms with Crippen LogP contribution in [-0.2, 0) is 14.9 Å². The summed E-state index contributed by atoms with van der Waals surface area (Å²) in [6.45, 7) is 1.98. The van der Waals surface area contributed by atoms with Gasteiger partial charge >= 0.3 is 0 Å². The van der Waals surface area contributed by atoms with E-state index in [2.05, 4.69) is 0 Å². The van der Waals surface area contributed by atoms with Crippen molar-refractivity contribution in [3.05, 3.63) is 41.7 Å². The first-order chi connectivity index (χ1) is 8.60. The molecule has 0 aromatic heterocycles. The van der Waals surface area contributed by atoms with Crippen LogP contribution in [0.5, 0.6) is 5.75 Å². The maximum Gasteiger partial charge on any atom is 0.169 e. The number of rotatable bonds is 3. The molecule has 1 aliphatic rings. The van der Waals surface area contributed by atoms with Gasteiger partial charge in [0.05, 0.1) is 25.4 Å². The molecular formula is C15H18O3. The smallest absolute Gasteiger partial charge is 0.169 e. The predicted molar refractivity (Wildman–Crippen MR) is 69.7 cm³/mol. The molecule has 1 atom stereocenters. The van der Waals surface area contributed by atoms with Crippen LogP contribution in [0.3, 0.4) is 0 Å². The zero-order valence-corrected chi connectivity index (χ0v) is 11.0. The van der Waals surface area contributed by atoms with Crippen LogP contribution in [0.4, 0.5) is 0 Å². The van der Waals surface area contributed by atoms with Gasteiger partial charge in [-0.05, 0) is 31.0 Å². The molecule has 1 aromatic carbocycles. The van der Waals surface area contributed by atoms with Gasteiger partial charge in [-0.2, -0.15) is 0 Å². The van der Waals surface area contributed by atoms with E-state index in [1.807, 2.05) is 31.2 Å². The molecule has 0 saturated heterocycles. The van der Waals surface area contributed by atoms with Crippen molar-refractivity contribution in [2.75, 3.05) is 14.2 Å². The van der Waals surface area contributed by atoms with Crippen molar-refractivity contribution in [3.63, 3.8) is 0 Å². The third kappa shape index (κ3) is 2.13. The zero-order valence-electron chi connectivity index (χ0n) is 11.0. The molecule has 0 radical (unpaired) electrons. The number of carbonyl (C=O) groups is 1. The van der Waals surface area contributed by atoms with Crippen LogP contribution in [0, 0.1) is 0 Å². The van der Waals surface area contributed by atoms with Crippen molar-refractivity contribution >= 4 is 5.78 Å². The van der Waals surface area contributed by atoms with Crippen molar-refractivity contribution in [2.45, 2.75) is 25.2 Å². The van der Waals surface area contributed by atoms with Gasteiger partial charge in [0.25, 0.3) is 0 Å². The number of hydrogen-bond acceptors (Lipinski definition) is 3. The number of carbonyl (C=O) groups excluding carboxylic acids is 1. The van der Waals surface area contributed by atoms with E-state index < -0.39 is 5.41 Å². The molecule has 1 aliphatic carbocycles. The van der Waals surface area contributed by atoms with Crippen LogP contribution in [0.2, 0.25) is 0 Å². The minimum atomic E-state index is -0.476. The lowest BCUT2D eigenvalue weighted by molar-refractivity contribution is -0.120. The van der Waals surface area contributed by atoms with Gasteiger partial charge in [0.1, 0.15) is 5.75 Å². The second-order valence-corrected chi connectivity index (χ2v) is 4.74. The minimum Gasteiger partial charge on any atom is -0.501 e. The molecule has 0 fully saturated rings. The lowest BCUT2D eigenvalue weighted by atomic mass is 9.72. The molecule has 0 bridgehead atoms. The first kappa shape index (κ1) is 12.7. The standard InChI is InChI=1S/C15H18O3/c1-15(8-7-13(18-3)10-14(15)16)11-5-4-6-12(9-11)17-2/h4-6,9-10H,7-8H2,1-3H3. The Morgan fingerprint density at radius 3 is 2.61 bits per heavy atom. The van der Waals surface area contributed by atoms with Gasteiger partial charge in [0, 0.05) is 12.5 Å². The SMILES string of the molecule is COC1=CC(=O)C(C)(c2cccc(OC)c2)CC1. The van der Waals surface area contributed by atoms with Crippen LogP contribution in [0.25, 0.3) is 0 Å². The zero-order chi connectivity index (χ0) is 13.2. The summed E-state index contributed by atoms with van der Waals surface area (Å²) in [7, 11) is 3.24. The van der Waals surface area contributed by atoms with Crippen LogP contribution < -0.4 is 4.74 Å². The monoisotopic (exact) mass is 246 g/mol. The second kappa shape index (κ2) is 4.84. The van der Waals surface area contributed by atoms with E-state index in [0.717, 1.165) is 29.9 Å². The summed E-state index contributed by atoms with van der Waals surface area (Å²) in [5.74, 6) is 1.64. The molecule has 0 N–H and O–H groups in total. The van der Waals surface area contributed by atoms with Gasteiger partial charge in [0.15, 0.2) is 5.78 Å². The highest BCUT2D eigenvalue weighted by atomic mass is 16.5. The van der Waals surface area contributed by atoms with Gasteiger partial charge in [-0.25, -0.2) is 0 Å². The van der Waals surface area contributed by atoms with Gasteiger partial charge < -0.3 is 9.47 Å². The van der Waals surface area contributed by atoms with Gasteiger partial charge in [-0.3, -0.25) is 4.79 Å². The van der Waals surface area contributed by atoms with Crippen molar-refractivity contribution < 1.29 is 14.3 Å². The van der Waals surface area contributed by atoms with Crippen molar-refractivity contribution in [3.8, 4) is 5.75 Å². The number of hydrogen-bond donors (Lipinski definition) is 0. The Hall–Kier alpha value is -1.77. The third-order valence-corrected chi connectivity index (χ3v) is 3.68. The number of allylic oxidation sites excluding steroid dienone is 2. The van der Waals surface area contributed by atoms with Crippen molar-refractivity contribution in [1.29, 1.82) is 0 Å². The lowest BCUT2D eigenvalue weighted by Gasteiger charge is -2.31. The average Bonchev–Trinajstić information content (AvgIpc) is 2.42. The maximum atomic E-state index is 12.3. The van der Waals surface area contributed by atoms with Crippen molar-refractivity contribution in [2.24, 2.45) is 0 Å². The molecule has 3 heteroatoms. The molecule has 0 amide bonds. The van der Waals surface area contributed by atoms with Crippen molar-refractivity contribution in [1.82, 2.24) is 0 Å². The molecule has 18 heavy (non-hydrogen) atoms. The minimum absolute atomic E-state index is 0.0962. The lowest BCUT2D eigenvalue weighted by Crippen LogP contribution is -2.34. The molecule has 2 rings (SSSR count). The Morgan fingerprint density at radius 2 is 2.00 bits per heavy atom. The van der Waals surface area contributed by atoms with E-state index in [4.69, 9.17) is 9.47 Å². The molecule has 1 aromatic rings. The summed E-state index contributed by atoms with van der Waals surface area (Å²) in [6, 6.07) is 7.72. The Morgan fingerprint density at radius 1 is 1.22 bits per heavy atom. The highest BCUT2D eigenvalue weighted by molar-refractivity contribution is 6.00. The van der Waals surface area contributed by atoms with Crippen LogP contribution >= 0.6 is 0 Å². The van der Waals surface area contributed by atoms with E-state index in [1.165, 1.54) is 0 Å². The van der Waals surface area contributed by atoms with E-state index in [1.54, 1.807) is 20.3 Å². The summed E-state index contributed by atoms with van der Waals surface area (Å²) in [5, 5.41) is 0. The number of ether oxygens (including phenoxy) is 2. The van der Waals surface area contributed by atoms with E-state index in [0.29, 0.717) is 0 Å². The van der Waals surface area contributed by atoms with Gasteiger partial charge in [-0.1, -0.05) is 12.1 Å². The van der Waals surface area contributed by atoms with E-state index >= 15 is 0 Å². The summed E-state index contributed by atoms with van der Waals surface area (Å²) < 4.78 is 10.4. The molecule has 0 heterocycles.